The summed E-state index contributed by atoms with van der Waals surface area (Å²) in [7, 11) is 0. The molecule has 0 bridgehead atoms. The number of rotatable bonds is 3. The molecular weight excluding hydrogens is 214 g/mol. The first kappa shape index (κ1) is 10.4. The van der Waals surface area contributed by atoms with E-state index in [0.717, 1.165) is 19.4 Å². The average molecular weight is 227 g/mol. The first-order chi connectivity index (χ1) is 7.34. The maximum atomic E-state index is 11.4. The summed E-state index contributed by atoms with van der Waals surface area (Å²) in [5.74, 6) is 0. The Labute approximate surface area is 91.9 Å². The van der Waals surface area contributed by atoms with Gasteiger partial charge in [0, 0.05) is 24.7 Å². The van der Waals surface area contributed by atoms with Crippen LogP contribution in [0.15, 0.2) is 11.6 Å². The van der Waals surface area contributed by atoms with Crippen LogP contribution in [0.4, 0.5) is 9.93 Å². The molecule has 1 aliphatic heterocycles. The van der Waals surface area contributed by atoms with Gasteiger partial charge in [-0.3, -0.25) is 5.32 Å². The summed E-state index contributed by atoms with van der Waals surface area (Å²) in [5, 5.41) is 7.83. The molecule has 82 valence electrons. The number of nitrogens with zero attached hydrogens (tertiary/aromatic N) is 1. The van der Waals surface area contributed by atoms with E-state index in [1.807, 2.05) is 5.38 Å². The van der Waals surface area contributed by atoms with E-state index in [0.29, 0.717) is 11.7 Å². The standard InChI is InChI=1S/C9H13N3O2S/c13-8(12-9-10-3-5-15-9)11-6-7-2-1-4-14-7/h3,5,7H,1-2,4,6H2,(H2,10,11,12,13). The van der Waals surface area contributed by atoms with E-state index in [1.165, 1.54) is 11.3 Å². The molecule has 1 fully saturated rings. The molecule has 1 unspecified atom stereocenters. The molecule has 2 rings (SSSR count). The molecule has 15 heavy (non-hydrogen) atoms. The third kappa shape index (κ3) is 3.17. The molecule has 2 heterocycles. The number of ether oxygens (including phenoxy) is 1. The van der Waals surface area contributed by atoms with Crippen LogP contribution in [-0.4, -0.2) is 30.3 Å². The van der Waals surface area contributed by atoms with Crippen LogP contribution in [0, 0.1) is 0 Å². The highest BCUT2D eigenvalue weighted by molar-refractivity contribution is 7.13. The van der Waals surface area contributed by atoms with Gasteiger partial charge in [-0.05, 0) is 12.8 Å². The summed E-state index contributed by atoms with van der Waals surface area (Å²) in [4.78, 5) is 15.3. The van der Waals surface area contributed by atoms with Crippen molar-refractivity contribution in [2.24, 2.45) is 0 Å². The Bertz CT molecular complexity index is 309. The fraction of sp³-hybridized carbons (Fsp3) is 0.556. The summed E-state index contributed by atoms with van der Waals surface area (Å²) >= 11 is 1.40. The van der Waals surface area contributed by atoms with E-state index in [4.69, 9.17) is 4.74 Å². The minimum absolute atomic E-state index is 0.173. The molecule has 1 aromatic rings. The first-order valence-corrected chi connectivity index (χ1v) is 5.78. The van der Waals surface area contributed by atoms with Crippen molar-refractivity contribution in [1.82, 2.24) is 10.3 Å². The highest BCUT2D eigenvalue weighted by Gasteiger charge is 2.16. The van der Waals surface area contributed by atoms with Crippen molar-refractivity contribution in [3.8, 4) is 0 Å². The van der Waals surface area contributed by atoms with Gasteiger partial charge in [0.25, 0.3) is 0 Å². The monoisotopic (exact) mass is 227 g/mol. The van der Waals surface area contributed by atoms with Gasteiger partial charge in [0.2, 0.25) is 0 Å². The van der Waals surface area contributed by atoms with E-state index in [-0.39, 0.29) is 12.1 Å². The van der Waals surface area contributed by atoms with Crippen molar-refractivity contribution in [2.75, 3.05) is 18.5 Å². The zero-order chi connectivity index (χ0) is 10.5. The number of urea groups is 1. The molecule has 1 saturated heterocycles. The summed E-state index contributed by atoms with van der Waals surface area (Å²) in [6.45, 7) is 1.37. The lowest BCUT2D eigenvalue weighted by Gasteiger charge is -2.10. The molecule has 1 aliphatic rings. The summed E-state index contributed by atoms with van der Waals surface area (Å²) in [6.07, 6.45) is 3.94. The summed E-state index contributed by atoms with van der Waals surface area (Å²) < 4.78 is 5.38. The normalized spacial score (nSPS) is 20.1. The van der Waals surface area contributed by atoms with E-state index in [2.05, 4.69) is 15.6 Å². The summed E-state index contributed by atoms with van der Waals surface area (Å²) in [6, 6.07) is -0.222. The maximum Gasteiger partial charge on any atom is 0.321 e. The van der Waals surface area contributed by atoms with Gasteiger partial charge in [0.05, 0.1) is 6.10 Å². The number of hydrogen-bond acceptors (Lipinski definition) is 4. The Morgan fingerprint density at radius 1 is 1.73 bits per heavy atom. The van der Waals surface area contributed by atoms with Crippen LogP contribution in [0.1, 0.15) is 12.8 Å². The number of nitrogens with one attached hydrogen (secondary N) is 2. The molecule has 1 atom stereocenters. The van der Waals surface area contributed by atoms with Crippen LogP contribution in [0.25, 0.3) is 0 Å². The van der Waals surface area contributed by atoms with Crippen molar-refractivity contribution < 1.29 is 9.53 Å². The minimum Gasteiger partial charge on any atom is -0.376 e. The van der Waals surface area contributed by atoms with Crippen LogP contribution < -0.4 is 10.6 Å². The number of aromatic nitrogens is 1. The Balaban J connectivity index is 1.68. The van der Waals surface area contributed by atoms with Crippen molar-refractivity contribution in [1.29, 1.82) is 0 Å². The Morgan fingerprint density at radius 3 is 3.33 bits per heavy atom. The number of carbonyl (C=O) groups is 1. The topological polar surface area (TPSA) is 63.2 Å². The molecule has 6 heteroatoms. The molecule has 2 N–H and O–H groups in total. The molecule has 0 radical (unpaired) electrons. The zero-order valence-electron chi connectivity index (χ0n) is 8.23. The molecule has 1 aromatic heterocycles. The van der Waals surface area contributed by atoms with E-state index in [1.54, 1.807) is 6.20 Å². The number of thiazole rings is 1. The van der Waals surface area contributed by atoms with Crippen molar-refractivity contribution in [2.45, 2.75) is 18.9 Å². The van der Waals surface area contributed by atoms with Crippen molar-refractivity contribution in [3.05, 3.63) is 11.6 Å². The van der Waals surface area contributed by atoms with Gasteiger partial charge in [-0.1, -0.05) is 0 Å². The van der Waals surface area contributed by atoms with Gasteiger partial charge in [-0.2, -0.15) is 0 Å². The van der Waals surface area contributed by atoms with Gasteiger partial charge in [0.15, 0.2) is 5.13 Å². The molecule has 0 spiro atoms. The highest BCUT2D eigenvalue weighted by Crippen LogP contribution is 2.11. The van der Waals surface area contributed by atoms with Crippen LogP contribution in [0.3, 0.4) is 0 Å². The van der Waals surface area contributed by atoms with Crippen molar-refractivity contribution >= 4 is 22.5 Å². The van der Waals surface area contributed by atoms with Gasteiger partial charge in [-0.25, -0.2) is 9.78 Å². The van der Waals surface area contributed by atoms with E-state index < -0.39 is 0 Å². The average Bonchev–Trinajstić information content (AvgIpc) is 2.86. The van der Waals surface area contributed by atoms with Gasteiger partial charge in [0.1, 0.15) is 0 Å². The van der Waals surface area contributed by atoms with Crippen molar-refractivity contribution in [3.63, 3.8) is 0 Å². The highest BCUT2D eigenvalue weighted by atomic mass is 32.1. The number of anilines is 1. The summed E-state index contributed by atoms with van der Waals surface area (Å²) in [5.41, 5.74) is 0. The Morgan fingerprint density at radius 2 is 2.67 bits per heavy atom. The smallest absolute Gasteiger partial charge is 0.321 e. The maximum absolute atomic E-state index is 11.4. The molecular formula is C9H13N3O2S. The second kappa shape index (κ2) is 5.09. The third-order valence-corrected chi connectivity index (χ3v) is 2.86. The van der Waals surface area contributed by atoms with Crippen LogP contribution in [-0.2, 0) is 4.74 Å². The lowest BCUT2D eigenvalue weighted by Crippen LogP contribution is -2.34. The quantitative estimate of drug-likeness (QED) is 0.821. The van der Waals surface area contributed by atoms with Gasteiger partial charge >= 0.3 is 6.03 Å². The second-order valence-electron chi connectivity index (χ2n) is 3.31. The Hall–Kier alpha value is -1.14. The van der Waals surface area contributed by atoms with E-state index in [9.17, 15) is 4.79 Å². The zero-order valence-corrected chi connectivity index (χ0v) is 9.05. The second-order valence-corrected chi connectivity index (χ2v) is 4.20. The molecule has 0 aromatic carbocycles. The van der Waals surface area contributed by atoms with E-state index >= 15 is 0 Å². The lowest BCUT2D eigenvalue weighted by molar-refractivity contribution is 0.112. The van der Waals surface area contributed by atoms with Gasteiger partial charge in [-0.15, -0.1) is 11.3 Å². The molecule has 0 aliphatic carbocycles. The number of carbonyl (C=O) groups excluding carboxylic acids is 1. The third-order valence-electron chi connectivity index (χ3n) is 2.17. The first-order valence-electron chi connectivity index (χ1n) is 4.90. The molecule has 0 saturated carbocycles. The van der Waals surface area contributed by atoms with Gasteiger partial charge < -0.3 is 10.1 Å². The van der Waals surface area contributed by atoms with Crippen LogP contribution >= 0.6 is 11.3 Å². The molecule has 5 nitrogen and oxygen atoms in total. The van der Waals surface area contributed by atoms with Crippen LogP contribution in [0.5, 0.6) is 0 Å². The SMILES string of the molecule is O=C(NCC1CCCO1)Nc1nccs1. The predicted octanol–water partition coefficient (Wildman–Crippen LogP) is 1.44. The largest absolute Gasteiger partial charge is 0.376 e. The molecule has 2 amide bonds. The number of hydrogen-bond donors (Lipinski definition) is 2. The Kier molecular flexibility index (Phi) is 3.52. The van der Waals surface area contributed by atoms with Crippen LogP contribution in [0.2, 0.25) is 0 Å². The minimum atomic E-state index is -0.222. The fourth-order valence-corrected chi connectivity index (χ4v) is 1.96. The number of amides is 2. The predicted molar refractivity (Wildman–Crippen MR) is 58.1 cm³/mol. The lowest BCUT2D eigenvalue weighted by atomic mass is 10.2. The fourth-order valence-electron chi connectivity index (χ4n) is 1.44.